The molecule has 9 N–H and O–H groups in total. The highest BCUT2D eigenvalue weighted by Gasteiger charge is 2.31. The zero-order chi connectivity index (χ0) is 23.4. The Bertz CT molecular complexity index is 632. The molecule has 0 saturated carbocycles. The number of nitrogens with one attached hydrogen (secondary N) is 3. The van der Waals surface area contributed by atoms with E-state index in [-0.39, 0.29) is 12.3 Å². The molecular formula is C17H31N5O7S. The van der Waals surface area contributed by atoms with Crippen LogP contribution in [0.15, 0.2) is 0 Å². The van der Waals surface area contributed by atoms with Gasteiger partial charge in [-0.05, 0) is 24.3 Å². The Morgan fingerprint density at radius 3 is 1.87 bits per heavy atom. The number of aliphatic hydroxyl groups excluding tert-OH is 1. The van der Waals surface area contributed by atoms with Crippen LogP contribution in [-0.2, 0) is 24.0 Å². The highest BCUT2D eigenvalue weighted by molar-refractivity contribution is 7.98. The third-order valence-electron chi connectivity index (χ3n) is 4.10. The van der Waals surface area contributed by atoms with E-state index in [1.165, 1.54) is 11.8 Å². The van der Waals surface area contributed by atoms with Gasteiger partial charge in [-0.15, -0.1) is 0 Å². The maximum atomic E-state index is 12.7. The Morgan fingerprint density at radius 2 is 1.43 bits per heavy atom. The molecule has 4 unspecified atom stereocenters. The van der Waals surface area contributed by atoms with Gasteiger partial charge in [0.15, 0.2) is 0 Å². The number of aliphatic carboxylic acids is 1. The first-order valence-electron chi connectivity index (χ1n) is 9.22. The predicted molar refractivity (Wildman–Crippen MR) is 110 cm³/mol. The summed E-state index contributed by atoms with van der Waals surface area (Å²) in [6.45, 7) is 2.60. The molecule has 13 heteroatoms. The quantitative estimate of drug-likeness (QED) is 0.145. The van der Waals surface area contributed by atoms with E-state index in [1.54, 1.807) is 20.1 Å². The van der Waals surface area contributed by atoms with Crippen LogP contribution in [0.5, 0.6) is 0 Å². The van der Waals surface area contributed by atoms with Crippen LogP contribution in [0.2, 0.25) is 0 Å². The number of nitrogens with two attached hydrogens (primary N) is 2. The normalized spacial score (nSPS) is 14.9. The monoisotopic (exact) mass is 449 g/mol. The van der Waals surface area contributed by atoms with Gasteiger partial charge in [0.2, 0.25) is 23.6 Å². The third-order valence-corrected chi connectivity index (χ3v) is 4.74. The van der Waals surface area contributed by atoms with Crippen molar-refractivity contribution in [3.8, 4) is 0 Å². The van der Waals surface area contributed by atoms with Gasteiger partial charge in [0, 0.05) is 0 Å². The molecule has 0 aromatic carbocycles. The van der Waals surface area contributed by atoms with E-state index in [2.05, 4.69) is 10.6 Å². The average molecular weight is 450 g/mol. The molecule has 172 valence electrons. The summed E-state index contributed by atoms with van der Waals surface area (Å²) in [5.74, 6) is -4.40. The van der Waals surface area contributed by atoms with Crippen LogP contribution >= 0.6 is 11.8 Å². The summed E-state index contributed by atoms with van der Waals surface area (Å²) in [7, 11) is 0. The molecular weight excluding hydrogens is 418 g/mol. The third kappa shape index (κ3) is 9.89. The molecule has 0 aromatic rings. The minimum atomic E-state index is -1.62. The number of thioether (sulfide) groups is 1. The highest BCUT2D eigenvalue weighted by Crippen LogP contribution is 2.05. The van der Waals surface area contributed by atoms with E-state index in [1.807, 2.05) is 5.32 Å². The first-order valence-corrected chi connectivity index (χ1v) is 10.6. The number of hydrogen-bond donors (Lipinski definition) is 7. The maximum Gasteiger partial charge on any atom is 0.328 e. The summed E-state index contributed by atoms with van der Waals surface area (Å²) in [6.07, 6.45) is 1.42. The van der Waals surface area contributed by atoms with Gasteiger partial charge in [0.05, 0.1) is 19.1 Å². The minimum Gasteiger partial charge on any atom is -0.480 e. The fourth-order valence-electron chi connectivity index (χ4n) is 2.22. The van der Waals surface area contributed by atoms with Gasteiger partial charge >= 0.3 is 5.97 Å². The molecule has 0 saturated heterocycles. The second-order valence-corrected chi connectivity index (χ2v) is 7.91. The van der Waals surface area contributed by atoms with Crippen molar-refractivity contribution < 1.29 is 34.2 Å². The summed E-state index contributed by atoms with van der Waals surface area (Å²) < 4.78 is 0. The lowest BCUT2D eigenvalue weighted by Gasteiger charge is -2.25. The van der Waals surface area contributed by atoms with Crippen LogP contribution in [0.1, 0.15) is 26.7 Å². The smallest absolute Gasteiger partial charge is 0.328 e. The van der Waals surface area contributed by atoms with E-state index >= 15 is 0 Å². The van der Waals surface area contributed by atoms with E-state index < -0.39 is 66.8 Å². The number of carbonyl (C=O) groups excluding carboxylic acids is 4. The lowest BCUT2D eigenvalue weighted by atomic mass is 10.0. The fraction of sp³-hybridized carbons (Fsp3) is 0.706. The van der Waals surface area contributed by atoms with Crippen molar-refractivity contribution in [3.05, 3.63) is 0 Å². The second-order valence-electron chi connectivity index (χ2n) is 6.93. The zero-order valence-electron chi connectivity index (χ0n) is 17.2. The number of rotatable bonds is 14. The molecule has 0 radical (unpaired) electrons. The van der Waals surface area contributed by atoms with Crippen LogP contribution in [0.25, 0.3) is 0 Å². The van der Waals surface area contributed by atoms with Crippen LogP contribution < -0.4 is 27.4 Å². The first kappa shape index (κ1) is 27.6. The van der Waals surface area contributed by atoms with Gasteiger partial charge in [0.25, 0.3) is 0 Å². The van der Waals surface area contributed by atoms with Gasteiger partial charge in [-0.2, -0.15) is 11.8 Å². The number of carboxylic acid groups (broad SMARTS) is 1. The summed E-state index contributed by atoms with van der Waals surface area (Å²) in [4.78, 5) is 59.6. The SMILES string of the molecule is CSCCC(NC(=O)C(N)C(C)C)C(=O)NC(CC(N)=O)C(=O)NC(CO)C(=O)O. The van der Waals surface area contributed by atoms with Crippen molar-refractivity contribution in [3.63, 3.8) is 0 Å². The Labute approximate surface area is 178 Å². The lowest BCUT2D eigenvalue weighted by molar-refractivity contribution is -0.143. The molecule has 0 heterocycles. The van der Waals surface area contributed by atoms with Crippen molar-refractivity contribution >= 4 is 41.4 Å². The van der Waals surface area contributed by atoms with Crippen molar-refractivity contribution in [2.45, 2.75) is 50.9 Å². The largest absolute Gasteiger partial charge is 0.480 e. The van der Waals surface area contributed by atoms with Gasteiger partial charge < -0.3 is 37.6 Å². The molecule has 0 aliphatic heterocycles. The van der Waals surface area contributed by atoms with Gasteiger partial charge in [0.1, 0.15) is 18.1 Å². The molecule has 4 amide bonds. The number of carbonyl (C=O) groups is 5. The highest BCUT2D eigenvalue weighted by atomic mass is 32.2. The lowest BCUT2D eigenvalue weighted by Crippen LogP contribution is -2.58. The second kappa shape index (κ2) is 13.8. The molecule has 0 spiro atoms. The molecule has 0 bridgehead atoms. The first-order chi connectivity index (χ1) is 13.9. The average Bonchev–Trinajstić information content (AvgIpc) is 2.66. The van der Waals surface area contributed by atoms with Crippen LogP contribution in [0.4, 0.5) is 0 Å². The van der Waals surface area contributed by atoms with Crippen molar-refractivity contribution in [2.75, 3.05) is 18.6 Å². The topological polar surface area (TPSA) is 214 Å². The maximum absolute atomic E-state index is 12.7. The van der Waals surface area contributed by atoms with Crippen molar-refractivity contribution in [1.82, 2.24) is 16.0 Å². The van der Waals surface area contributed by atoms with Gasteiger partial charge in [-0.1, -0.05) is 13.8 Å². The molecule has 0 fully saturated rings. The number of aliphatic hydroxyl groups is 1. The van der Waals surface area contributed by atoms with E-state index in [9.17, 15) is 24.0 Å². The number of hydrogen-bond acceptors (Lipinski definition) is 8. The molecule has 0 aliphatic carbocycles. The Kier molecular flexibility index (Phi) is 12.7. The predicted octanol–water partition coefficient (Wildman–Crippen LogP) is -2.87. The standard InChI is InChI=1S/C17H31N5O7S/c1-8(2)13(19)16(27)20-9(4-5-30-3)14(25)21-10(6-12(18)24)15(26)22-11(7-23)17(28)29/h8-11,13,23H,4-7,19H2,1-3H3,(H2,18,24)(H,20,27)(H,21,25)(H,22,26)(H,28,29). The molecule has 0 aromatic heterocycles. The Hall–Kier alpha value is -2.38. The number of amides is 4. The van der Waals surface area contributed by atoms with Crippen LogP contribution in [0.3, 0.4) is 0 Å². The van der Waals surface area contributed by atoms with E-state index in [0.717, 1.165) is 0 Å². The summed E-state index contributed by atoms with van der Waals surface area (Å²) in [6, 6.07) is -5.00. The van der Waals surface area contributed by atoms with E-state index in [4.69, 9.17) is 21.7 Å². The minimum absolute atomic E-state index is 0.172. The summed E-state index contributed by atoms with van der Waals surface area (Å²) >= 11 is 1.43. The molecule has 12 nitrogen and oxygen atoms in total. The Balaban J connectivity index is 5.40. The van der Waals surface area contributed by atoms with Gasteiger partial charge in [-0.25, -0.2) is 4.79 Å². The fourth-order valence-corrected chi connectivity index (χ4v) is 2.69. The van der Waals surface area contributed by atoms with E-state index in [0.29, 0.717) is 5.75 Å². The molecule has 0 rings (SSSR count). The number of carboxylic acids is 1. The zero-order valence-corrected chi connectivity index (χ0v) is 18.0. The van der Waals surface area contributed by atoms with Crippen molar-refractivity contribution in [2.24, 2.45) is 17.4 Å². The number of primary amides is 1. The van der Waals surface area contributed by atoms with Gasteiger partial charge in [-0.3, -0.25) is 19.2 Å². The summed E-state index contributed by atoms with van der Waals surface area (Å²) in [5.41, 5.74) is 10.9. The molecule has 0 aliphatic rings. The van der Waals surface area contributed by atoms with Crippen molar-refractivity contribution in [1.29, 1.82) is 0 Å². The Morgan fingerprint density at radius 1 is 0.933 bits per heavy atom. The summed E-state index contributed by atoms with van der Waals surface area (Å²) in [5, 5.41) is 24.8. The molecule has 30 heavy (non-hydrogen) atoms. The van der Waals surface area contributed by atoms with Crippen LogP contribution in [-0.4, -0.2) is 82.6 Å². The van der Waals surface area contributed by atoms with Crippen LogP contribution in [0, 0.1) is 5.92 Å². The molecule has 4 atom stereocenters.